The molecule has 1 N–H and O–H groups in total. The number of rotatable bonds is 2. The molecular formula is C31H46O7. The van der Waals surface area contributed by atoms with Gasteiger partial charge in [-0.25, -0.2) is 0 Å². The van der Waals surface area contributed by atoms with Gasteiger partial charge in [0.15, 0.2) is 17.9 Å². The number of ketones is 1. The Hall–Kier alpha value is -1.25. The highest BCUT2D eigenvalue weighted by molar-refractivity contribution is 6.05. The van der Waals surface area contributed by atoms with Crippen molar-refractivity contribution in [3.63, 3.8) is 0 Å². The van der Waals surface area contributed by atoms with E-state index in [0.717, 1.165) is 37.9 Å². The Kier molecular flexibility index (Phi) is 5.48. The smallest absolute Gasteiger partial charge is 0.213 e. The van der Waals surface area contributed by atoms with Gasteiger partial charge in [0.1, 0.15) is 17.3 Å². The van der Waals surface area contributed by atoms with Crippen LogP contribution in [0.4, 0.5) is 0 Å². The summed E-state index contributed by atoms with van der Waals surface area (Å²) in [6.07, 6.45) is 2.06. The number of aliphatic hydroxyl groups excluding tert-OH is 1. The highest BCUT2D eigenvalue weighted by atomic mass is 16.8. The molecule has 0 amide bonds. The van der Waals surface area contributed by atoms with E-state index >= 15 is 0 Å². The van der Waals surface area contributed by atoms with Crippen molar-refractivity contribution in [2.45, 2.75) is 123 Å². The molecule has 1 spiro atoms. The third-order valence-electron chi connectivity index (χ3n) is 10.7. The van der Waals surface area contributed by atoms with Gasteiger partial charge in [-0.1, -0.05) is 27.4 Å². The zero-order valence-corrected chi connectivity index (χ0v) is 24.6. The number of hydrogen-bond donors (Lipinski definition) is 1. The van der Waals surface area contributed by atoms with Crippen LogP contribution in [0.3, 0.4) is 0 Å². The second-order valence-corrected chi connectivity index (χ2v) is 15.0. The maximum absolute atomic E-state index is 14.5. The summed E-state index contributed by atoms with van der Waals surface area (Å²) in [6.45, 7) is 20.7. The van der Waals surface area contributed by atoms with Crippen LogP contribution in [-0.2, 0) is 28.5 Å². The number of ether oxygens (including phenoxy) is 5. The first-order valence-electron chi connectivity index (χ1n) is 14.4. The van der Waals surface area contributed by atoms with Gasteiger partial charge in [-0.15, -0.1) is 0 Å². The summed E-state index contributed by atoms with van der Waals surface area (Å²) in [7, 11) is 1.57. The summed E-state index contributed by atoms with van der Waals surface area (Å²) in [5.74, 6) is -2.43. The van der Waals surface area contributed by atoms with Crippen LogP contribution in [0.15, 0.2) is 23.5 Å². The van der Waals surface area contributed by atoms with Gasteiger partial charge in [-0.05, 0) is 82.8 Å². The molecule has 0 radical (unpaired) electrons. The maximum Gasteiger partial charge on any atom is 0.213 e. The Morgan fingerprint density at radius 2 is 1.76 bits per heavy atom. The third-order valence-corrected chi connectivity index (χ3v) is 10.7. The molecule has 212 valence electrons. The highest BCUT2D eigenvalue weighted by Gasteiger charge is 2.86. The SMILES string of the molecule is C=C1C(=O)[C@@]23C4OC(C)(C)O[C@@]2(OC)[C@@H](O)[C@@H]2C(C)(C)CC5=C(O[C@H](OC(C)(C)C)CC5)[C@@]2(C)C3CC[C@@H]14. The number of allylic oxidation sites excluding steroid dienone is 2. The van der Waals surface area contributed by atoms with Crippen molar-refractivity contribution in [2.24, 2.45) is 34.0 Å². The van der Waals surface area contributed by atoms with E-state index in [1.165, 1.54) is 5.57 Å². The van der Waals surface area contributed by atoms with E-state index in [4.69, 9.17) is 23.7 Å². The zero-order chi connectivity index (χ0) is 27.8. The van der Waals surface area contributed by atoms with E-state index < -0.39 is 34.6 Å². The monoisotopic (exact) mass is 530 g/mol. The van der Waals surface area contributed by atoms with Gasteiger partial charge in [0.2, 0.25) is 5.79 Å². The molecule has 2 bridgehead atoms. The van der Waals surface area contributed by atoms with E-state index in [2.05, 4.69) is 27.4 Å². The predicted octanol–water partition coefficient (Wildman–Crippen LogP) is 5.26. The van der Waals surface area contributed by atoms with Crippen LogP contribution in [0.5, 0.6) is 0 Å². The zero-order valence-electron chi connectivity index (χ0n) is 24.6. The lowest BCUT2D eigenvalue weighted by Crippen LogP contribution is -2.83. The summed E-state index contributed by atoms with van der Waals surface area (Å²) >= 11 is 0. The van der Waals surface area contributed by atoms with Crippen LogP contribution in [0.25, 0.3) is 0 Å². The van der Waals surface area contributed by atoms with Crippen LogP contribution in [0, 0.1) is 34.0 Å². The van der Waals surface area contributed by atoms with Gasteiger partial charge in [-0.3, -0.25) is 4.79 Å². The van der Waals surface area contributed by atoms with Gasteiger partial charge in [0.25, 0.3) is 0 Å². The molecule has 4 fully saturated rings. The second kappa shape index (κ2) is 7.73. The molecule has 0 aromatic rings. The molecular weight excluding hydrogens is 484 g/mol. The van der Waals surface area contributed by atoms with E-state index in [0.29, 0.717) is 5.57 Å². The molecule has 7 heteroatoms. The third kappa shape index (κ3) is 3.06. The van der Waals surface area contributed by atoms with Crippen molar-refractivity contribution in [2.75, 3.05) is 7.11 Å². The molecule has 6 rings (SSSR count). The molecule has 2 aliphatic heterocycles. The molecule has 7 nitrogen and oxygen atoms in total. The standard InChI is InChI=1S/C31H46O7/c1-16-18-12-13-19-29(9)21(27(5,6)15-17-11-14-20(35-24(17)29)36-26(2,3)4)23(33)31(34-10)30(19,22(16)32)25(18)37-28(7,8)38-31/h18-21,23,25,33H,1,11-15H2,2-10H3/t18-,19?,20+,21+,23-,25?,29-,30-,31-/m0/s1. The van der Waals surface area contributed by atoms with Crippen LogP contribution in [-0.4, -0.2) is 53.7 Å². The lowest BCUT2D eigenvalue weighted by atomic mass is 9.38. The largest absolute Gasteiger partial charge is 0.469 e. The van der Waals surface area contributed by atoms with Crippen molar-refractivity contribution in [3.8, 4) is 0 Å². The van der Waals surface area contributed by atoms with Gasteiger partial charge in [0, 0.05) is 30.8 Å². The first-order valence-corrected chi connectivity index (χ1v) is 14.4. The first kappa shape index (κ1) is 26.9. The Morgan fingerprint density at radius 1 is 1.08 bits per heavy atom. The minimum Gasteiger partial charge on any atom is -0.469 e. The van der Waals surface area contributed by atoms with Crippen LogP contribution < -0.4 is 0 Å². The number of fused-ring (bicyclic) bond motifs is 3. The molecule has 9 atom stereocenters. The lowest BCUT2D eigenvalue weighted by molar-refractivity contribution is -0.493. The van der Waals surface area contributed by atoms with E-state index in [-0.39, 0.29) is 40.8 Å². The lowest BCUT2D eigenvalue weighted by Gasteiger charge is -2.73. The van der Waals surface area contributed by atoms with E-state index in [1.54, 1.807) is 7.11 Å². The Balaban J connectivity index is 1.60. The number of carbonyl (C=O) groups excluding carboxylic acids is 1. The summed E-state index contributed by atoms with van der Waals surface area (Å²) < 4.78 is 32.8. The highest BCUT2D eigenvalue weighted by Crippen LogP contribution is 2.77. The Labute approximate surface area is 227 Å². The molecule has 2 heterocycles. The topological polar surface area (TPSA) is 83.5 Å². The average Bonchev–Trinajstić information content (AvgIpc) is 2.90. The molecule has 0 aromatic carbocycles. The van der Waals surface area contributed by atoms with Crippen LogP contribution in [0.2, 0.25) is 0 Å². The molecule has 0 aromatic heterocycles. The minimum absolute atomic E-state index is 0.0881. The van der Waals surface area contributed by atoms with Gasteiger partial charge in [-0.2, -0.15) is 0 Å². The molecule has 3 saturated carbocycles. The van der Waals surface area contributed by atoms with Crippen LogP contribution in [0.1, 0.15) is 87.5 Å². The van der Waals surface area contributed by atoms with Gasteiger partial charge < -0.3 is 28.8 Å². The van der Waals surface area contributed by atoms with Crippen molar-refractivity contribution in [3.05, 3.63) is 23.5 Å². The Morgan fingerprint density at radius 3 is 2.39 bits per heavy atom. The molecule has 38 heavy (non-hydrogen) atoms. The molecule has 2 unspecified atom stereocenters. The predicted molar refractivity (Wildman–Crippen MR) is 141 cm³/mol. The summed E-state index contributed by atoms with van der Waals surface area (Å²) in [5.41, 5.74) is -0.691. The summed E-state index contributed by atoms with van der Waals surface area (Å²) in [6, 6.07) is 0. The normalized spacial score (nSPS) is 48.7. The van der Waals surface area contributed by atoms with Gasteiger partial charge in [0.05, 0.1) is 11.7 Å². The molecule has 6 aliphatic rings. The number of methoxy groups -OCH3 is 1. The maximum atomic E-state index is 14.5. The number of hydrogen-bond acceptors (Lipinski definition) is 7. The van der Waals surface area contributed by atoms with Gasteiger partial charge >= 0.3 is 0 Å². The average molecular weight is 531 g/mol. The molecule has 4 aliphatic carbocycles. The van der Waals surface area contributed by atoms with Crippen LogP contribution >= 0.6 is 0 Å². The van der Waals surface area contributed by atoms with E-state index in [9.17, 15) is 9.90 Å². The first-order chi connectivity index (χ1) is 17.5. The van der Waals surface area contributed by atoms with E-state index in [1.807, 2.05) is 34.6 Å². The number of aliphatic hydroxyl groups is 1. The summed E-state index contributed by atoms with van der Waals surface area (Å²) in [4.78, 5) is 14.5. The van der Waals surface area contributed by atoms with Crippen molar-refractivity contribution >= 4 is 5.78 Å². The quantitative estimate of drug-likeness (QED) is 0.487. The number of carbonyl (C=O) groups is 1. The second-order valence-electron chi connectivity index (χ2n) is 15.0. The van der Waals surface area contributed by atoms with Crippen molar-refractivity contribution in [1.29, 1.82) is 0 Å². The molecule has 1 saturated heterocycles. The fourth-order valence-electron chi connectivity index (χ4n) is 10.1. The summed E-state index contributed by atoms with van der Waals surface area (Å²) in [5, 5.41) is 12.6. The van der Waals surface area contributed by atoms with Crippen molar-refractivity contribution < 1.29 is 33.6 Å². The fourth-order valence-corrected chi connectivity index (χ4v) is 10.1. The van der Waals surface area contributed by atoms with Crippen molar-refractivity contribution in [1.82, 2.24) is 0 Å². The number of Topliss-reactive ketones (excluding diaryl/α,β-unsaturated/α-hetero) is 1. The minimum atomic E-state index is -1.56. The Bertz CT molecular complexity index is 1110. The fraction of sp³-hybridized carbons (Fsp3) is 0.839.